The van der Waals surface area contributed by atoms with Crippen LogP contribution in [0.1, 0.15) is 0 Å². The number of hydrogen-bond donors (Lipinski definition) is 1. The monoisotopic (exact) mass is 267 g/mol. The van der Waals surface area contributed by atoms with Gasteiger partial charge in [0, 0.05) is 12.7 Å². The molecule has 17 heavy (non-hydrogen) atoms. The molecule has 0 unspecified atom stereocenters. The van der Waals surface area contributed by atoms with E-state index in [0.29, 0.717) is 15.9 Å². The Bertz CT molecular complexity index is 529. The molecule has 0 fully saturated rings. The van der Waals surface area contributed by atoms with Gasteiger partial charge in [-0.2, -0.15) is 0 Å². The van der Waals surface area contributed by atoms with Crippen LogP contribution in [0.3, 0.4) is 0 Å². The second kappa shape index (κ2) is 4.82. The van der Waals surface area contributed by atoms with E-state index in [1.165, 1.54) is 0 Å². The molecule has 0 radical (unpaired) electrons. The summed E-state index contributed by atoms with van der Waals surface area (Å²) in [5.41, 5.74) is 6.65. The highest BCUT2D eigenvalue weighted by molar-refractivity contribution is 6.37. The van der Waals surface area contributed by atoms with Gasteiger partial charge in [-0.25, -0.2) is 4.98 Å². The fourth-order valence-electron chi connectivity index (χ4n) is 1.48. The molecule has 88 valence electrons. The highest BCUT2D eigenvalue weighted by atomic mass is 35.5. The van der Waals surface area contributed by atoms with E-state index in [2.05, 4.69) is 4.98 Å². The van der Waals surface area contributed by atoms with Gasteiger partial charge in [-0.05, 0) is 18.2 Å². The highest BCUT2D eigenvalue weighted by Gasteiger charge is 2.12. The van der Waals surface area contributed by atoms with E-state index in [4.69, 9.17) is 28.9 Å². The van der Waals surface area contributed by atoms with Crippen molar-refractivity contribution < 1.29 is 0 Å². The van der Waals surface area contributed by atoms with Crippen LogP contribution in [0, 0.1) is 0 Å². The van der Waals surface area contributed by atoms with Crippen LogP contribution in [0.2, 0.25) is 10.0 Å². The molecule has 2 N–H and O–H groups in total. The molecule has 0 saturated heterocycles. The Hall–Kier alpha value is -1.45. The quantitative estimate of drug-likeness (QED) is 0.902. The standard InChI is InChI=1S/C12H11Cl2N3/c1-17(8-5-3-2-4-6-8)12-10(14)7-9(13)11(15)16-12/h2-7H,1H3,(H2,15,16). The van der Waals surface area contributed by atoms with Gasteiger partial charge in [0.15, 0.2) is 5.82 Å². The van der Waals surface area contributed by atoms with Crippen molar-refractivity contribution in [2.24, 2.45) is 0 Å². The Morgan fingerprint density at radius 2 is 1.76 bits per heavy atom. The fraction of sp³-hybridized carbons (Fsp3) is 0.0833. The van der Waals surface area contributed by atoms with E-state index in [0.717, 1.165) is 5.69 Å². The normalized spacial score (nSPS) is 10.3. The van der Waals surface area contributed by atoms with Gasteiger partial charge in [0.25, 0.3) is 0 Å². The predicted octanol–water partition coefficient (Wildman–Crippen LogP) is 3.74. The number of nitrogens with two attached hydrogens (primary N) is 1. The minimum Gasteiger partial charge on any atom is -0.382 e. The van der Waals surface area contributed by atoms with Crippen LogP contribution >= 0.6 is 23.2 Å². The molecule has 0 aliphatic carbocycles. The summed E-state index contributed by atoms with van der Waals surface area (Å²) in [5.74, 6) is 0.855. The smallest absolute Gasteiger partial charge is 0.154 e. The lowest BCUT2D eigenvalue weighted by atomic mass is 10.3. The molecule has 0 amide bonds. The Morgan fingerprint density at radius 3 is 2.41 bits per heavy atom. The third-order valence-corrected chi connectivity index (χ3v) is 2.98. The van der Waals surface area contributed by atoms with Crippen LogP contribution in [-0.2, 0) is 0 Å². The topological polar surface area (TPSA) is 42.2 Å². The number of halogens is 2. The molecule has 0 saturated carbocycles. The summed E-state index contributed by atoms with van der Waals surface area (Å²) >= 11 is 11.9. The number of nitrogen functional groups attached to an aromatic ring is 1. The van der Waals surface area contributed by atoms with E-state index >= 15 is 0 Å². The molecule has 0 aliphatic rings. The van der Waals surface area contributed by atoms with Crippen LogP contribution in [-0.4, -0.2) is 12.0 Å². The molecule has 1 heterocycles. The van der Waals surface area contributed by atoms with Gasteiger partial charge in [-0.15, -0.1) is 0 Å². The average molecular weight is 268 g/mol. The van der Waals surface area contributed by atoms with Crippen molar-refractivity contribution >= 4 is 40.5 Å². The first kappa shape index (κ1) is 12.0. The third-order valence-electron chi connectivity index (χ3n) is 2.40. The Balaban J connectivity index is 2.44. The van der Waals surface area contributed by atoms with Gasteiger partial charge in [0.05, 0.1) is 10.0 Å². The molecular weight excluding hydrogens is 257 g/mol. The average Bonchev–Trinajstić information content (AvgIpc) is 2.34. The minimum absolute atomic E-state index is 0.272. The first-order valence-corrected chi connectivity index (χ1v) is 5.75. The maximum absolute atomic E-state index is 6.10. The molecule has 1 aromatic heterocycles. The summed E-state index contributed by atoms with van der Waals surface area (Å²) in [5, 5.41) is 0.829. The van der Waals surface area contributed by atoms with Crippen LogP contribution in [0.15, 0.2) is 36.4 Å². The maximum atomic E-state index is 6.10. The Morgan fingerprint density at radius 1 is 1.12 bits per heavy atom. The number of nitrogens with zero attached hydrogens (tertiary/aromatic N) is 2. The number of anilines is 3. The lowest BCUT2D eigenvalue weighted by Crippen LogP contribution is -2.12. The Kier molecular flexibility index (Phi) is 3.41. The molecule has 2 rings (SSSR count). The predicted molar refractivity (Wildman–Crippen MR) is 73.2 cm³/mol. The van der Waals surface area contributed by atoms with Crippen molar-refractivity contribution in [2.75, 3.05) is 17.7 Å². The van der Waals surface area contributed by atoms with E-state index in [1.54, 1.807) is 6.07 Å². The fourth-order valence-corrected chi connectivity index (χ4v) is 1.97. The lowest BCUT2D eigenvalue weighted by molar-refractivity contribution is 1.13. The number of pyridine rings is 1. The molecule has 2 aromatic rings. The lowest BCUT2D eigenvalue weighted by Gasteiger charge is -2.20. The maximum Gasteiger partial charge on any atom is 0.154 e. The molecule has 0 atom stereocenters. The van der Waals surface area contributed by atoms with Gasteiger partial charge in [-0.3, -0.25) is 0 Å². The number of benzene rings is 1. The summed E-state index contributed by atoms with van der Waals surface area (Å²) < 4.78 is 0. The first-order valence-electron chi connectivity index (χ1n) is 5.00. The molecule has 1 aromatic carbocycles. The Labute approximate surface area is 110 Å². The van der Waals surface area contributed by atoms with Crippen LogP contribution in [0.25, 0.3) is 0 Å². The SMILES string of the molecule is CN(c1ccccc1)c1nc(N)c(Cl)cc1Cl. The van der Waals surface area contributed by atoms with Gasteiger partial charge in [0.1, 0.15) is 5.82 Å². The van der Waals surface area contributed by atoms with Crippen molar-refractivity contribution in [1.82, 2.24) is 4.98 Å². The van der Waals surface area contributed by atoms with Crippen molar-refractivity contribution in [3.05, 3.63) is 46.4 Å². The summed E-state index contributed by atoms with van der Waals surface area (Å²) in [7, 11) is 1.87. The van der Waals surface area contributed by atoms with E-state index < -0.39 is 0 Å². The van der Waals surface area contributed by atoms with Gasteiger partial charge in [0.2, 0.25) is 0 Å². The zero-order valence-corrected chi connectivity index (χ0v) is 10.7. The van der Waals surface area contributed by atoms with Crippen molar-refractivity contribution in [3.8, 4) is 0 Å². The summed E-state index contributed by atoms with van der Waals surface area (Å²) in [6, 6.07) is 11.4. The van der Waals surface area contributed by atoms with E-state index in [-0.39, 0.29) is 5.82 Å². The first-order chi connectivity index (χ1) is 8.09. The van der Waals surface area contributed by atoms with Crippen LogP contribution in [0.5, 0.6) is 0 Å². The van der Waals surface area contributed by atoms with E-state index in [1.807, 2.05) is 42.3 Å². The third kappa shape index (κ3) is 2.46. The van der Waals surface area contributed by atoms with Gasteiger partial charge in [-0.1, -0.05) is 41.4 Å². The van der Waals surface area contributed by atoms with Crippen LogP contribution < -0.4 is 10.6 Å². The molecular formula is C12H11Cl2N3. The molecule has 3 nitrogen and oxygen atoms in total. The van der Waals surface area contributed by atoms with Crippen molar-refractivity contribution in [1.29, 1.82) is 0 Å². The minimum atomic E-state index is 0.272. The number of aromatic nitrogens is 1. The highest BCUT2D eigenvalue weighted by Crippen LogP contribution is 2.32. The second-order valence-electron chi connectivity index (χ2n) is 3.56. The van der Waals surface area contributed by atoms with Gasteiger partial charge >= 0.3 is 0 Å². The summed E-state index contributed by atoms with van der Waals surface area (Å²) in [6.45, 7) is 0. The second-order valence-corrected chi connectivity index (χ2v) is 4.37. The van der Waals surface area contributed by atoms with Gasteiger partial charge < -0.3 is 10.6 Å². The van der Waals surface area contributed by atoms with Crippen molar-refractivity contribution in [2.45, 2.75) is 0 Å². The summed E-state index contributed by atoms with van der Waals surface area (Å²) in [4.78, 5) is 6.04. The summed E-state index contributed by atoms with van der Waals surface area (Å²) in [6.07, 6.45) is 0. The zero-order valence-electron chi connectivity index (χ0n) is 9.19. The number of hydrogen-bond acceptors (Lipinski definition) is 3. The molecule has 0 bridgehead atoms. The van der Waals surface area contributed by atoms with E-state index in [9.17, 15) is 0 Å². The van der Waals surface area contributed by atoms with Crippen LogP contribution in [0.4, 0.5) is 17.3 Å². The number of para-hydroxylation sites is 1. The zero-order chi connectivity index (χ0) is 12.4. The molecule has 0 aliphatic heterocycles. The molecule has 5 heteroatoms. The largest absolute Gasteiger partial charge is 0.382 e. The van der Waals surface area contributed by atoms with Crippen molar-refractivity contribution in [3.63, 3.8) is 0 Å². The molecule has 0 spiro atoms. The number of rotatable bonds is 2.